The van der Waals surface area contributed by atoms with Gasteiger partial charge in [0.2, 0.25) is 0 Å². The van der Waals surface area contributed by atoms with Crippen molar-refractivity contribution in [3.63, 3.8) is 0 Å². The molecule has 1 fully saturated rings. The molecule has 0 saturated heterocycles. The molecule has 0 bridgehead atoms. The zero-order chi connectivity index (χ0) is 16.0. The molecule has 0 aliphatic heterocycles. The first-order valence-corrected chi connectivity index (χ1v) is 10.1. The van der Waals surface area contributed by atoms with Gasteiger partial charge in [-0.05, 0) is 48.3 Å². The van der Waals surface area contributed by atoms with Crippen molar-refractivity contribution in [2.45, 2.75) is 44.4 Å². The van der Waals surface area contributed by atoms with E-state index < -0.39 is 11.7 Å². The third kappa shape index (κ3) is 2.91. The van der Waals surface area contributed by atoms with Crippen LogP contribution < -0.4 is 11.1 Å². The Morgan fingerprint density at radius 3 is 3.00 bits per heavy atom. The van der Waals surface area contributed by atoms with Crippen LogP contribution in [0.4, 0.5) is 9.39 Å². The van der Waals surface area contributed by atoms with Crippen molar-refractivity contribution < 1.29 is 4.39 Å². The minimum absolute atomic E-state index is 0.393. The smallest absolute Gasteiger partial charge is 0.127 e. The highest BCUT2D eigenvalue weighted by Crippen LogP contribution is 2.45. The summed E-state index contributed by atoms with van der Waals surface area (Å²) in [5, 5.41) is 6.66. The maximum absolute atomic E-state index is 14.1. The SMILES string of the molecule is Cc1c(C[C@@H](N)C2(F)CC2)sc2c(NCc3cccs3)snc12. The molecule has 0 unspecified atom stereocenters. The van der Waals surface area contributed by atoms with Crippen LogP contribution in [0.3, 0.4) is 0 Å². The minimum Gasteiger partial charge on any atom is -0.370 e. The summed E-state index contributed by atoms with van der Waals surface area (Å²) >= 11 is 4.95. The number of rotatable bonds is 6. The molecule has 0 aromatic carbocycles. The predicted octanol–water partition coefficient (Wildman–Crippen LogP) is 4.71. The first kappa shape index (κ1) is 15.5. The topological polar surface area (TPSA) is 50.9 Å². The molecular formula is C16H18FN3S3. The van der Waals surface area contributed by atoms with E-state index in [0.717, 1.165) is 22.6 Å². The van der Waals surface area contributed by atoms with Crippen LogP contribution in [-0.2, 0) is 13.0 Å². The van der Waals surface area contributed by atoms with E-state index in [0.29, 0.717) is 19.3 Å². The van der Waals surface area contributed by atoms with Gasteiger partial charge in [0.15, 0.2) is 0 Å². The van der Waals surface area contributed by atoms with E-state index in [1.54, 1.807) is 22.7 Å². The van der Waals surface area contributed by atoms with Gasteiger partial charge in [-0.15, -0.1) is 22.7 Å². The van der Waals surface area contributed by atoms with Crippen LogP contribution in [0.5, 0.6) is 0 Å². The Morgan fingerprint density at radius 1 is 1.48 bits per heavy atom. The Morgan fingerprint density at radius 2 is 2.30 bits per heavy atom. The lowest BCUT2D eigenvalue weighted by molar-refractivity contribution is 0.255. The van der Waals surface area contributed by atoms with Crippen LogP contribution >= 0.6 is 34.2 Å². The number of aromatic nitrogens is 1. The molecule has 3 N–H and O–H groups in total. The van der Waals surface area contributed by atoms with E-state index in [1.807, 2.05) is 0 Å². The van der Waals surface area contributed by atoms with Gasteiger partial charge in [-0.1, -0.05) is 6.07 Å². The van der Waals surface area contributed by atoms with Gasteiger partial charge in [0.1, 0.15) is 16.2 Å². The lowest BCUT2D eigenvalue weighted by Gasteiger charge is -2.14. The van der Waals surface area contributed by atoms with Crippen LogP contribution in [0.2, 0.25) is 0 Å². The zero-order valence-electron chi connectivity index (χ0n) is 12.8. The molecule has 7 heteroatoms. The maximum Gasteiger partial charge on any atom is 0.127 e. The average Bonchev–Trinajstić information content (AvgIpc) is 2.93. The van der Waals surface area contributed by atoms with Crippen molar-refractivity contribution in [1.29, 1.82) is 0 Å². The lowest BCUT2D eigenvalue weighted by Crippen LogP contribution is -2.35. The number of aryl methyl sites for hydroxylation is 1. The molecule has 0 radical (unpaired) electrons. The van der Waals surface area contributed by atoms with Gasteiger partial charge in [-0.2, -0.15) is 4.37 Å². The number of nitrogens with zero attached hydrogens (tertiary/aromatic N) is 1. The highest BCUT2D eigenvalue weighted by Gasteiger charge is 2.48. The largest absolute Gasteiger partial charge is 0.370 e. The van der Waals surface area contributed by atoms with Gasteiger partial charge in [0.25, 0.3) is 0 Å². The van der Waals surface area contributed by atoms with E-state index in [1.165, 1.54) is 26.0 Å². The first-order chi connectivity index (χ1) is 11.1. The average molecular weight is 368 g/mol. The van der Waals surface area contributed by atoms with Crippen LogP contribution in [0, 0.1) is 6.92 Å². The summed E-state index contributed by atoms with van der Waals surface area (Å²) in [5.41, 5.74) is 7.14. The van der Waals surface area contributed by atoms with Crippen molar-refractivity contribution in [3.05, 3.63) is 32.8 Å². The Bertz CT molecular complexity index is 817. The number of anilines is 1. The number of nitrogens with two attached hydrogens (primary N) is 1. The van der Waals surface area contributed by atoms with Gasteiger partial charge >= 0.3 is 0 Å². The standard InChI is InChI=1S/C16H18FN3S3/c1-9-11(7-12(18)16(17)4-5-16)22-14-13(9)20-23-15(14)19-8-10-3-2-6-21-10/h2-3,6,12,19H,4-5,7-8,18H2,1H3/t12-/m1/s1. The number of alkyl halides is 1. The number of hydrogen-bond donors (Lipinski definition) is 2. The second kappa shape index (κ2) is 5.81. The molecule has 1 aliphatic carbocycles. The van der Waals surface area contributed by atoms with Crippen LogP contribution in [0.1, 0.15) is 28.2 Å². The summed E-state index contributed by atoms with van der Waals surface area (Å²) in [6.45, 7) is 2.88. The molecule has 23 heavy (non-hydrogen) atoms. The van der Waals surface area contributed by atoms with Crippen LogP contribution in [-0.4, -0.2) is 16.1 Å². The molecule has 3 aromatic heterocycles. The number of thiophene rings is 2. The van der Waals surface area contributed by atoms with E-state index in [4.69, 9.17) is 5.73 Å². The summed E-state index contributed by atoms with van der Waals surface area (Å²) in [5.74, 6) is 0. The summed E-state index contributed by atoms with van der Waals surface area (Å²) < 4.78 is 19.9. The summed E-state index contributed by atoms with van der Waals surface area (Å²) in [7, 11) is 0. The van der Waals surface area contributed by atoms with Gasteiger partial charge in [-0.3, -0.25) is 0 Å². The Hall–Kier alpha value is -1.02. The Labute approximate surface area is 146 Å². The van der Waals surface area contributed by atoms with Gasteiger partial charge in [0, 0.05) is 22.2 Å². The third-order valence-corrected chi connectivity index (χ3v) is 7.58. The predicted molar refractivity (Wildman–Crippen MR) is 98.6 cm³/mol. The van der Waals surface area contributed by atoms with E-state index in [-0.39, 0.29) is 0 Å². The van der Waals surface area contributed by atoms with Crippen molar-refractivity contribution in [2.24, 2.45) is 5.73 Å². The summed E-state index contributed by atoms with van der Waals surface area (Å²) in [6.07, 6.45) is 1.83. The second-order valence-corrected chi connectivity index (χ2v) is 9.03. The fraction of sp³-hybridized carbons (Fsp3) is 0.438. The third-order valence-electron chi connectivity index (χ3n) is 4.45. The first-order valence-electron chi connectivity index (χ1n) is 7.65. The van der Waals surface area contributed by atoms with Gasteiger partial charge < -0.3 is 11.1 Å². The number of nitrogens with one attached hydrogen (secondary N) is 1. The molecule has 0 spiro atoms. The van der Waals surface area contributed by atoms with E-state index in [2.05, 4.69) is 34.1 Å². The van der Waals surface area contributed by atoms with Crippen LogP contribution in [0.15, 0.2) is 17.5 Å². The van der Waals surface area contributed by atoms with Crippen LogP contribution in [0.25, 0.3) is 10.2 Å². The second-order valence-electron chi connectivity index (χ2n) is 6.12. The molecule has 3 heterocycles. The fourth-order valence-electron chi connectivity index (χ4n) is 2.71. The quantitative estimate of drug-likeness (QED) is 0.663. The molecular weight excluding hydrogens is 349 g/mol. The summed E-state index contributed by atoms with van der Waals surface area (Å²) in [6, 6.07) is 3.79. The molecule has 122 valence electrons. The molecule has 3 nitrogen and oxygen atoms in total. The minimum atomic E-state index is -1.13. The van der Waals surface area contributed by atoms with Crippen molar-refractivity contribution in [3.8, 4) is 0 Å². The number of fused-ring (bicyclic) bond motifs is 1. The molecule has 0 amide bonds. The van der Waals surface area contributed by atoms with Crippen molar-refractivity contribution >= 4 is 49.4 Å². The Kier molecular flexibility index (Phi) is 3.91. The maximum atomic E-state index is 14.1. The van der Waals surface area contributed by atoms with Crippen molar-refractivity contribution in [1.82, 2.24) is 4.37 Å². The molecule has 1 saturated carbocycles. The highest BCUT2D eigenvalue weighted by molar-refractivity contribution is 7.24. The van der Waals surface area contributed by atoms with Crippen molar-refractivity contribution in [2.75, 3.05) is 5.32 Å². The summed E-state index contributed by atoms with van der Waals surface area (Å²) in [4.78, 5) is 2.47. The monoisotopic (exact) mass is 367 g/mol. The van der Waals surface area contributed by atoms with E-state index in [9.17, 15) is 4.39 Å². The fourth-order valence-corrected chi connectivity index (χ4v) is 5.59. The van der Waals surface area contributed by atoms with Gasteiger partial charge in [0.05, 0.1) is 11.2 Å². The molecule has 1 atom stereocenters. The highest BCUT2D eigenvalue weighted by atomic mass is 32.1. The zero-order valence-corrected chi connectivity index (χ0v) is 15.2. The normalized spacial score (nSPS) is 17.5. The number of hydrogen-bond acceptors (Lipinski definition) is 6. The number of halogens is 1. The van der Waals surface area contributed by atoms with Gasteiger partial charge in [-0.25, -0.2) is 4.39 Å². The molecule has 3 aromatic rings. The molecule has 4 rings (SSSR count). The molecule has 1 aliphatic rings. The Balaban J connectivity index is 1.55. The van der Waals surface area contributed by atoms with E-state index >= 15 is 0 Å². The lowest BCUT2D eigenvalue weighted by atomic mass is 10.0.